The fourth-order valence-electron chi connectivity index (χ4n) is 1.40. The van der Waals surface area contributed by atoms with Gasteiger partial charge in [-0.2, -0.15) is 5.26 Å². The van der Waals surface area contributed by atoms with Crippen LogP contribution in [-0.2, 0) is 6.54 Å². The molecule has 2 rings (SSSR count). The number of hydrogen-bond acceptors (Lipinski definition) is 1. The molecule has 0 aliphatic rings. The normalized spacial score (nSPS) is 10.2. The molecule has 13 heavy (non-hydrogen) atoms. The number of benzene rings is 1. The number of hydrogen-bond donors (Lipinski definition) is 0. The van der Waals surface area contributed by atoms with Crippen LogP contribution < -0.4 is 0 Å². The molecule has 1 heterocycles. The van der Waals surface area contributed by atoms with E-state index in [1.165, 1.54) is 0 Å². The van der Waals surface area contributed by atoms with Crippen molar-refractivity contribution in [3.8, 4) is 6.07 Å². The first-order valence-corrected chi connectivity index (χ1v) is 4.31. The lowest BCUT2D eigenvalue weighted by Crippen LogP contribution is -1.91. The second-order valence-electron chi connectivity index (χ2n) is 2.77. The number of nitriles is 1. The molecule has 0 spiro atoms. The van der Waals surface area contributed by atoms with E-state index in [4.69, 9.17) is 16.9 Å². The fraction of sp³-hybridized carbons (Fsp3) is 0.100. The molecule has 0 atom stereocenters. The molecule has 1 aromatic heterocycles. The van der Waals surface area contributed by atoms with E-state index in [1.54, 1.807) is 0 Å². The Bertz CT molecular complexity index is 479. The predicted octanol–water partition coefficient (Wildman–Crippen LogP) is 2.82. The van der Waals surface area contributed by atoms with E-state index in [-0.39, 0.29) is 0 Å². The minimum Gasteiger partial charge on any atom is -0.334 e. The number of fused-ring (bicyclic) bond motifs is 1. The van der Waals surface area contributed by atoms with Crippen molar-refractivity contribution in [2.75, 3.05) is 0 Å². The van der Waals surface area contributed by atoms with Gasteiger partial charge in [0.2, 0.25) is 0 Å². The Balaban J connectivity index is 2.70. The third kappa shape index (κ3) is 1.28. The number of nitrogens with zero attached hydrogens (tertiary/aromatic N) is 2. The zero-order chi connectivity index (χ0) is 9.26. The zero-order valence-corrected chi connectivity index (χ0v) is 7.62. The number of aromatic nitrogens is 1. The molecule has 0 aliphatic heterocycles. The van der Waals surface area contributed by atoms with Crippen LogP contribution in [0.25, 0.3) is 10.9 Å². The second-order valence-corrected chi connectivity index (χ2v) is 3.18. The van der Waals surface area contributed by atoms with Crippen LogP contribution in [0.1, 0.15) is 0 Å². The molecule has 0 saturated heterocycles. The molecule has 1 aromatic carbocycles. The number of halogens is 1. The van der Waals surface area contributed by atoms with Crippen LogP contribution in [0.2, 0.25) is 5.02 Å². The minimum atomic E-state index is 0.365. The van der Waals surface area contributed by atoms with Crippen molar-refractivity contribution in [1.29, 1.82) is 5.26 Å². The van der Waals surface area contributed by atoms with Crippen molar-refractivity contribution < 1.29 is 0 Å². The first-order valence-electron chi connectivity index (χ1n) is 3.93. The van der Waals surface area contributed by atoms with Gasteiger partial charge in [-0.3, -0.25) is 0 Å². The summed E-state index contributed by atoms with van der Waals surface area (Å²) in [6, 6.07) is 9.72. The first-order chi connectivity index (χ1) is 6.33. The lowest BCUT2D eigenvalue weighted by atomic mass is 10.2. The molecule has 64 valence electrons. The van der Waals surface area contributed by atoms with Crippen LogP contribution in [0.5, 0.6) is 0 Å². The van der Waals surface area contributed by atoms with Gasteiger partial charge in [-0.15, -0.1) is 0 Å². The summed E-state index contributed by atoms with van der Waals surface area (Å²) in [5.41, 5.74) is 1.01. The van der Waals surface area contributed by atoms with E-state index < -0.39 is 0 Å². The summed E-state index contributed by atoms with van der Waals surface area (Å²) in [7, 11) is 0. The summed E-state index contributed by atoms with van der Waals surface area (Å²) < 4.78 is 1.88. The zero-order valence-electron chi connectivity index (χ0n) is 6.87. The summed E-state index contributed by atoms with van der Waals surface area (Å²) in [6.07, 6.45) is 1.87. The highest BCUT2D eigenvalue weighted by atomic mass is 35.5. The van der Waals surface area contributed by atoms with Gasteiger partial charge in [-0.1, -0.05) is 17.7 Å². The van der Waals surface area contributed by atoms with Crippen molar-refractivity contribution in [3.63, 3.8) is 0 Å². The van der Waals surface area contributed by atoms with Gasteiger partial charge in [0.15, 0.2) is 0 Å². The maximum absolute atomic E-state index is 8.56. The van der Waals surface area contributed by atoms with E-state index in [2.05, 4.69) is 6.07 Å². The van der Waals surface area contributed by atoms with Crippen molar-refractivity contribution >= 4 is 22.5 Å². The fourth-order valence-corrected chi connectivity index (χ4v) is 1.63. The first kappa shape index (κ1) is 8.15. The highest BCUT2D eigenvalue weighted by Crippen LogP contribution is 2.23. The van der Waals surface area contributed by atoms with Gasteiger partial charge >= 0.3 is 0 Å². The molecule has 2 aromatic rings. The summed E-state index contributed by atoms with van der Waals surface area (Å²) in [4.78, 5) is 0. The molecule has 0 unspecified atom stereocenters. The van der Waals surface area contributed by atoms with E-state index in [9.17, 15) is 0 Å². The average Bonchev–Trinajstić information content (AvgIpc) is 2.51. The highest BCUT2D eigenvalue weighted by molar-refractivity contribution is 6.35. The predicted molar refractivity (Wildman–Crippen MR) is 52.6 cm³/mol. The Morgan fingerprint density at radius 2 is 2.23 bits per heavy atom. The summed E-state index contributed by atoms with van der Waals surface area (Å²) in [6.45, 7) is 0.365. The van der Waals surface area contributed by atoms with Gasteiger partial charge in [0, 0.05) is 16.6 Å². The van der Waals surface area contributed by atoms with E-state index >= 15 is 0 Å². The van der Waals surface area contributed by atoms with Crippen LogP contribution in [0.15, 0.2) is 30.5 Å². The van der Waals surface area contributed by atoms with Crippen LogP contribution >= 0.6 is 11.6 Å². The monoisotopic (exact) mass is 190 g/mol. The Morgan fingerprint density at radius 3 is 3.00 bits per heavy atom. The van der Waals surface area contributed by atoms with Crippen molar-refractivity contribution in [1.82, 2.24) is 4.57 Å². The maximum atomic E-state index is 8.56. The summed E-state index contributed by atoms with van der Waals surface area (Å²) in [5.74, 6) is 0. The van der Waals surface area contributed by atoms with E-state index in [1.807, 2.05) is 35.0 Å². The third-order valence-electron chi connectivity index (χ3n) is 2.00. The molecule has 0 fully saturated rings. The summed E-state index contributed by atoms with van der Waals surface area (Å²) in [5, 5.41) is 10.3. The maximum Gasteiger partial charge on any atom is 0.110 e. The number of rotatable bonds is 1. The van der Waals surface area contributed by atoms with Crippen LogP contribution in [-0.4, -0.2) is 4.57 Å². The largest absolute Gasteiger partial charge is 0.334 e. The quantitative estimate of drug-likeness (QED) is 0.680. The molecule has 0 N–H and O–H groups in total. The Kier molecular flexibility index (Phi) is 1.96. The molecule has 0 bridgehead atoms. The summed E-state index contributed by atoms with van der Waals surface area (Å²) >= 11 is 5.97. The van der Waals surface area contributed by atoms with Gasteiger partial charge in [0.05, 0.1) is 11.6 Å². The molecule has 2 nitrogen and oxygen atoms in total. The average molecular weight is 191 g/mol. The van der Waals surface area contributed by atoms with Crippen LogP contribution in [0, 0.1) is 11.3 Å². The van der Waals surface area contributed by atoms with E-state index in [0.717, 1.165) is 15.9 Å². The lowest BCUT2D eigenvalue weighted by molar-refractivity contribution is 0.874. The molecular formula is C10H7ClN2. The Morgan fingerprint density at radius 1 is 1.38 bits per heavy atom. The second kappa shape index (κ2) is 3.12. The van der Waals surface area contributed by atoms with Crippen molar-refractivity contribution in [3.05, 3.63) is 35.5 Å². The van der Waals surface area contributed by atoms with Gasteiger partial charge in [0.25, 0.3) is 0 Å². The molecule has 3 heteroatoms. The van der Waals surface area contributed by atoms with Crippen LogP contribution in [0.4, 0.5) is 0 Å². The van der Waals surface area contributed by atoms with Gasteiger partial charge < -0.3 is 4.57 Å². The van der Waals surface area contributed by atoms with Gasteiger partial charge in [-0.05, 0) is 18.2 Å². The van der Waals surface area contributed by atoms with Gasteiger partial charge in [-0.25, -0.2) is 0 Å². The smallest absolute Gasteiger partial charge is 0.110 e. The SMILES string of the molecule is N#CCn1ccc2c(Cl)cccc21. The van der Waals surface area contributed by atoms with Gasteiger partial charge in [0.1, 0.15) is 6.54 Å². The van der Waals surface area contributed by atoms with Crippen molar-refractivity contribution in [2.45, 2.75) is 6.54 Å². The van der Waals surface area contributed by atoms with E-state index in [0.29, 0.717) is 6.54 Å². The Hall–Kier alpha value is -1.46. The van der Waals surface area contributed by atoms with Crippen LogP contribution in [0.3, 0.4) is 0 Å². The standard InChI is InChI=1S/C10H7ClN2/c11-9-2-1-3-10-8(9)4-6-13(10)7-5-12/h1-4,6H,7H2. The molecular weight excluding hydrogens is 184 g/mol. The lowest BCUT2D eigenvalue weighted by Gasteiger charge is -1.98. The highest BCUT2D eigenvalue weighted by Gasteiger charge is 2.02. The topological polar surface area (TPSA) is 28.7 Å². The molecule has 0 amide bonds. The molecule has 0 aliphatic carbocycles. The van der Waals surface area contributed by atoms with Crippen molar-refractivity contribution in [2.24, 2.45) is 0 Å². The molecule has 0 saturated carbocycles. The third-order valence-corrected chi connectivity index (χ3v) is 2.33. The molecule has 0 radical (unpaired) electrons. The Labute approximate surface area is 81.0 Å². The minimum absolute atomic E-state index is 0.365.